The summed E-state index contributed by atoms with van der Waals surface area (Å²) < 4.78 is 0. The second-order valence-corrected chi connectivity index (χ2v) is 4.23. The summed E-state index contributed by atoms with van der Waals surface area (Å²) in [6.45, 7) is 3.64. The van der Waals surface area contributed by atoms with Gasteiger partial charge in [-0.2, -0.15) is 0 Å². The fraction of sp³-hybridized carbons (Fsp3) is 0.462. The summed E-state index contributed by atoms with van der Waals surface area (Å²) >= 11 is 0. The van der Waals surface area contributed by atoms with E-state index in [1.54, 1.807) is 0 Å². The van der Waals surface area contributed by atoms with Gasteiger partial charge in [0.15, 0.2) is 0 Å². The van der Waals surface area contributed by atoms with Crippen LogP contribution in [-0.2, 0) is 11.2 Å². The average Bonchev–Trinajstić information content (AvgIpc) is 2.29. The zero-order chi connectivity index (χ0) is 12.0. The molecule has 2 N–H and O–H groups in total. The maximum Gasteiger partial charge on any atom is 0.222 e. The summed E-state index contributed by atoms with van der Waals surface area (Å²) in [6.07, 6.45) is 0.662. The fourth-order valence-electron chi connectivity index (χ4n) is 1.43. The quantitative estimate of drug-likeness (QED) is 0.788. The molecule has 16 heavy (non-hydrogen) atoms. The predicted molar refractivity (Wildman–Crippen MR) is 64.0 cm³/mol. The summed E-state index contributed by atoms with van der Waals surface area (Å²) in [5, 5.41) is 12.0. The summed E-state index contributed by atoms with van der Waals surface area (Å²) in [5.74, 6) is -0.0696. The second-order valence-electron chi connectivity index (χ2n) is 4.23. The number of carbonyl (C=O) groups excluding carboxylic acids is 1. The number of nitrogens with one attached hydrogen (secondary N) is 1. The Morgan fingerprint density at radius 3 is 2.44 bits per heavy atom. The summed E-state index contributed by atoms with van der Waals surface area (Å²) in [7, 11) is 0. The molecule has 3 heteroatoms. The van der Waals surface area contributed by atoms with Gasteiger partial charge in [-0.3, -0.25) is 4.79 Å². The molecular formula is C13H19NO2. The minimum absolute atomic E-state index is 0.0185. The number of benzene rings is 1. The van der Waals surface area contributed by atoms with Gasteiger partial charge in [-0.15, -0.1) is 0 Å². The van der Waals surface area contributed by atoms with Gasteiger partial charge in [0.2, 0.25) is 5.91 Å². The van der Waals surface area contributed by atoms with Gasteiger partial charge in [-0.25, -0.2) is 0 Å². The van der Waals surface area contributed by atoms with Gasteiger partial charge in [0.25, 0.3) is 0 Å². The maximum atomic E-state index is 11.5. The molecule has 0 heterocycles. The van der Waals surface area contributed by atoms with E-state index in [0.717, 1.165) is 5.56 Å². The highest BCUT2D eigenvalue weighted by atomic mass is 16.3. The highest BCUT2D eigenvalue weighted by Crippen LogP contribution is 2.03. The van der Waals surface area contributed by atoms with E-state index in [1.165, 1.54) is 0 Å². The van der Waals surface area contributed by atoms with Crippen LogP contribution in [0.3, 0.4) is 0 Å². The molecule has 1 amide bonds. The van der Waals surface area contributed by atoms with E-state index in [2.05, 4.69) is 5.32 Å². The molecule has 0 aromatic heterocycles. The Kier molecular flexibility index (Phi) is 4.99. The van der Waals surface area contributed by atoms with Gasteiger partial charge in [0.1, 0.15) is 0 Å². The topological polar surface area (TPSA) is 49.3 Å². The van der Waals surface area contributed by atoms with Gasteiger partial charge >= 0.3 is 0 Å². The van der Waals surface area contributed by atoms with Crippen molar-refractivity contribution in [1.29, 1.82) is 0 Å². The van der Waals surface area contributed by atoms with Gasteiger partial charge in [0, 0.05) is 5.92 Å². The summed E-state index contributed by atoms with van der Waals surface area (Å²) in [5.41, 5.74) is 1.12. The first-order chi connectivity index (χ1) is 7.63. The maximum absolute atomic E-state index is 11.5. The van der Waals surface area contributed by atoms with Crippen LogP contribution in [-0.4, -0.2) is 23.7 Å². The molecule has 0 unspecified atom stereocenters. The van der Waals surface area contributed by atoms with E-state index in [4.69, 9.17) is 0 Å². The zero-order valence-corrected chi connectivity index (χ0v) is 9.81. The minimum atomic E-state index is -0.197. The molecule has 1 rings (SSSR count). The Balaban J connectivity index is 2.53. The molecule has 0 bridgehead atoms. The van der Waals surface area contributed by atoms with Crippen molar-refractivity contribution < 1.29 is 9.90 Å². The van der Waals surface area contributed by atoms with Gasteiger partial charge < -0.3 is 10.4 Å². The van der Waals surface area contributed by atoms with Crippen molar-refractivity contribution in [1.82, 2.24) is 5.32 Å². The molecule has 3 nitrogen and oxygen atoms in total. The summed E-state index contributed by atoms with van der Waals surface area (Å²) in [6, 6.07) is 9.64. The Morgan fingerprint density at radius 2 is 1.94 bits per heavy atom. The molecule has 1 aromatic rings. The Bertz CT molecular complexity index is 322. The van der Waals surface area contributed by atoms with E-state index in [-0.39, 0.29) is 24.5 Å². The van der Waals surface area contributed by atoms with Crippen molar-refractivity contribution in [2.45, 2.75) is 26.3 Å². The molecule has 88 valence electrons. The number of aliphatic hydroxyl groups is 1. The third kappa shape index (κ3) is 4.03. The lowest BCUT2D eigenvalue weighted by Gasteiger charge is -2.17. The molecule has 0 aliphatic rings. The Morgan fingerprint density at radius 1 is 1.31 bits per heavy atom. The lowest BCUT2D eigenvalue weighted by Crippen LogP contribution is -2.41. The molecule has 0 aliphatic heterocycles. The molecule has 0 radical (unpaired) electrons. The monoisotopic (exact) mass is 221 g/mol. The van der Waals surface area contributed by atoms with Crippen molar-refractivity contribution >= 4 is 5.91 Å². The molecule has 0 saturated heterocycles. The lowest BCUT2D eigenvalue weighted by molar-refractivity contribution is -0.125. The van der Waals surface area contributed by atoms with Crippen LogP contribution in [0.4, 0.5) is 0 Å². The van der Waals surface area contributed by atoms with Crippen LogP contribution >= 0.6 is 0 Å². The normalized spacial score (nSPS) is 12.5. The first kappa shape index (κ1) is 12.7. The third-order valence-corrected chi connectivity index (χ3v) is 2.42. The SMILES string of the molecule is CC(C)C(=O)N[C@@H](CO)Cc1ccccc1. The van der Waals surface area contributed by atoms with Gasteiger partial charge in [0.05, 0.1) is 12.6 Å². The van der Waals surface area contributed by atoms with Crippen LogP contribution in [0.2, 0.25) is 0 Å². The third-order valence-electron chi connectivity index (χ3n) is 2.42. The minimum Gasteiger partial charge on any atom is -0.394 e. The number of amides is 1. The Hall–Kier alpha value is -1.35. The molecule has 1 aromatic carbocycles. The van der Waals surface area contributed by atoms with Crippen LogP contribution in [0.5, 0.6) is 0 Å². The van der Waals surface area contributed by atoms with Crippen LogP contribution in [0.15, 0.2) is 30.3 Å². The van der Waals surface area contributed by atoms with Crippen molar-refractivity contribution in [3.05, 3.63) is 35.9 Å². The van der Waals surface area contributed by atoms with Crippen LogP contribution in [0.25, 0.3) is 0 Å². The van der Waals surface area contributed by atoms with Crippen molar-refractivity contribution in [2.75, 3.05) is 6.61 Å². The number of carbonyl (C=O) groups is 1. The fourth-order valence-corrected chi connectivity index (χ4v) is 1.43. The van der Waals surface area contributed by atoms with Crippen molar-refractivity contribution in [3.8, 4) is 0 Å². The predicted octanol–water partition coefficient (Wildman–Crippen LogP) is 1.36. The van der Waals surface area contributed by atoms with E-state index >= 15 is 0 Å². The van der Waals surface area contributed by atoms with E-state index in [9.17, 15) is 9.90 Å². The average molecular weight is 221 g/mol. The largest absolute Gasteiger partial charge is 0.394 e. The number of hydrogen-bond acceptors (Lipinski definition) is 2. The summed E-state index contributed by atoms with van der Waals surface area (Å²) in [4.78, 5) is 11.5. The number of hydrogen-bond donors (Lipinski definition) is 2. The molecule has 1 atom stereocenters. The number of aliphatic hydroxyl groups excluding tert-OH is 1. The van der Waals surface area contributed by atoms with Gasteiger partial charge in [-0.05, 0) is 12.0 Å². The molecule has 0 spiro atoms. The van der Waals surface area contributed by atoms with E-state index in [0.29, 0.717) is 6.42 Å². The van der Waals surface area contributed by atoms with Crippen LogP contribution < -0.4 is 5.32 Å². The smallest absolute Gasteiger partial charge is 0.222 e. The lowest BCUT2D eigenvalue weighted by atomic mass is 10.1. The highest BCUT2D eigenvalue weighted by Gasteiger charge is 2.14. The highest BCUT2D eigenvalue weighted by molar-refractivity contribution is 5.78. The molecule has 0 aliphatic carbocycles. The first-order valence-electron chi connectivity index (χ1n) is 5.58. The zero-order valence-electron chi connectivity index (χ0n) is 9.81. The van der Waals surface area contributed by atoms with Gasteiger partial charge in [-0.1, -0.05) is 44.2 Å². The second kappa shape index (κ2) is 6.28. The van der Waals surface area contributed by atoms with Crippen molar-refractivity contribution in [2.24, 2.45) is 5.92 Å². The molecule has 0 saturated carbocycles. The standard InChI is InChI=1S/C13H19NO2/c1-10(2)13(16)14-12(9-15)8-11-6-4-3-5-7-11/h3-7,10,12,15H,8-9H2,1-2H3,(H,14,16)/t12-/m1/s1. The Labute approximate surface area is 96.5 Å². The van der Waals surface area contributed by atoms with Crippen molar-refractivity contribution in [3.63, 3.8) is 0 Å². The molecular weight excluding hydrogens is 202 g/mol. The number of rotatable bonds is 5. The van der Waals surface area contributed by atoms with E-state index in [1.807, 2.05) is 44.2 Å². The van der Waals surface area contributed by atoms with E-state index < -0.39 is 0 Å². The van der Waals surface area contributed by atoms with Crippen LogP contribution in [0.1, 0.15) is 19.4 Å². The first-order valence-corrected chi connectivity index (χ1v) is 5.58. The van der Waals surface area contributed by atoms with Crippen LogP contribution in [0, 0.1) is 5.92 Å². The molecule has 0 fully saturated rings.